The lowest BCUT2D eigenvalue weighted by atomic mass is 10.1. The molecule has 0 aliphatic heterocycles. The summed E-state index contributed by atoms with van der Waals surface area (Å²) < 4.78 is 2.05. The predicted octanol–water partition coefficient (Wildman–Crippen LogP) is 5.54. The number of thiazole rings is 1. The summed E-state index contributed by atoms with van der Waals surface area (Å²) in [4.78, 5) is 21.4. The highest BCUT2D eigenvalue weighted by atomic mass is 32.2. The Bertz CT molecular complexity index is 1090. The molecule has 0 aliphatic carbocycles. The summed E-state index contributed by atoms with van der Waals surface area (Å²) >= 11 is 3.30. The number of fused-ring (bicyclic) bond motifs is 1. The van der Waals surface area contributed by atoms with Gasteiger partial charge in [0.2, 0.25) is 0 Å². The van der Waals surface area contributed by atoms with E-state index in [-0.39, 0.29) is 5.91 Å². The zero-order valence-electron chi connectivity index (χ0n) is 14.7. The van der Waals surface area contributed by atoms with Crippen LogP contribution >= 0.6 is 23.1 Å². The standard InChI is InChI=1S/C21H17N3OS2/c1-14-5-4-6-15(11-14)20(25)23-16-8-9-18-19(12-16)27-21(24-18)26-13-17-7-2-3-10-22-17/h2-12H,13H2,1H3,(H,23,25). The van der Waals surface area contributed by atoms with Gasteiger partial charge in [-0.15, -0.1) is 11.3 Å². The summed E-state index contributed by atoms with van der Waals surface area (Å²) in [6.07, 6.45) is 1.80. The van der Waals surface area contributed by atoms with Crippen LogP contribution in [0, 0.1) is 6.92 Å². The summed E-state index contributed by atoms with van der Waals surface area (Å²) in [5.74, 6) is 0.685. The van der Waals surface area contributed by atoms with E-state index >= 15 is 0 Å². The second kappa shape index (κ2) is 7.90. The fourth-order valence-electron chi connectivity index (χ4n) is 2.65. The van der Waals surface area contributed by atoms with Crippen LogP contribution in [-0.4, -0.2) is 15.9 Å². The van der Waals surface area contributed by atoms with Gasteiger partial charge in [-0.1, -0.05) is 35.5 Å². The van der Waals surface area contributed by atoms with Crippen molar-refractivity contribution in [3.05, 3.63) is 83.7 Å². The molecule has 2 heterocycles. The molecule has 0 radical (unpaired) electrons. The number of carbonyl (C=O) groups excluding carboxylic acids is 1. The second-order valence-electron chi connectivity index (χ2n) is 6.10. The van der Waals surface area contributed by atoms with E-state index in [0.717, 1.165) is 37.3 Å². The van der Waals surface area contributed by atoms with Crippen molar-refractivity contribution in [3.8, 4) is 0 Å². The van der Waals surface area contributed by atoms with Gasteiger partial charge < -0.3 is 5.32 Å². The smallest absolute Gasteiger partial charge is 0.255 e. The van der Waals surface area contributed by atoms with Crippen LogP contribution in [0.3, 0.4) is 0 Å². The third kappa shape index (κ3) is 4.35. The molecule has 0 bridgehead atoms. The highest BCUT2D eigenvalue weighted by molar-refractivity contribution is 8.00. The first kappa shape index (κ1) is 17.7. The molecule has 0 aliphatic rings. The number of anilines is 1. The van der Waals surface area contributed by atoms with Gasteiger partial charge in [-0.3, -0.25) is 9.78 Å². The molecule has 4 nitrogen and oxygen atoms in total. The van der Waals surface area contributed by atoms with Crippen molar-refractivity contribution in [2.45, 2.75) is 17.0 Å². The molecule has 27 heavy (non-hydrogen) atoms. The van der Waals surface area contributed by atoms with Crippen molar-refractivity contribution < 1.29 is 4.79 Å². The normalized spacial score (nSPS) is 10.9. The van der Waals surface area contributed by atoms with Crippen LogP contribution in [0.4, 0.5) is 5.69 Å². The largest absolute Gasteiger partial charge is 0.322 e. The van der Waals surface area contributed by atoms with E-state index in [2.05, 4.69) is 15.3 Å². The third-order valence-corrected chi connectivity index (χ3v) is 6.17. The first-order valence-corrected chi connectivity index (χ1v) is 10.3. The maximum absolute atomic E-state index is 12.4. The Balaban J connectivity index is 1.48. The van der Waals surface area contributed by atoms with Gasteiger partial charge in [0, 0.05) is 23.2 Å². The van der Waals surface area contributed by atoms with E-state index < -0.39 is 0 Å². The van der Waals surface area contributed by atoms with Crippen LogP contribution in [0.15, 0.2) is 71.2 Å². The third-order valence-electron chi connectivity index (χ3n) is 3.98. The Morgan fingerprint density at radius 1 is 1.11 bits per heavy atom. The van der Waals surface area contributed by atoms with Crippen LogP contribution < -0.4 is 5.32 Å². The van der Waals surface area contributed by atoms with Gasteiger partial charge in [-0.05, 0) is 49.4 Å². The number of hydrogen-bond acceptors (Lipinski definition) is 5. The molecule has 2 aromatic carbocycles. The number of nitrogens with one attached hydrogen (secondary N) is 1. The number of benzene rings is 2. The maximum atomic E-state index is 12.4. The Kier molecular flexibility index (Phi) is 5.18. The van der Waals surface area contributed by atoms with E-state index in [1.807, 2.05) is 67.6 Å². The fourth-order valence-corrected chi connectivity index (χ4v) is 4.67. The first-order chi connectivity index (χ1) is 13.2. The maximum Gasteiger partial charge on any atom is 0.255 e. The number of hydrogen-bond donors (Lipinski definition) is 1. The van der Waals surface area contributed by atoms with E-state index in [0.29, 0.717) is 5.56 Å². The molecule has 0 spiro atoms. The minimum atomic E-state index is -0.104. The molecule has 0 atom stereocenters. The molecule has 0 saturated carbocycles. The van der Waals surface area contributed by atoms with Crippen molar-refractivity contribution in [3.63, 3.8) is 0 Å². The van der Waals surface area contributed by atoms with Gasteiger partial charge in [-0.2, -0.15) is 0 Å². The Labute approximate surface area is 165 Å². The zero-order valence-corrected chi connectivity index (χ0v) is 16.3. The topological polar surface area (TPSA) is 54.9 Å². The quantitative estimate of drug-likeness (QED) is 0.454. The molecule has 6 heteroatoms. The van der Waals surface area contributed by atoms with Gasteiger partial charge in [0.25, 0.3) is 5.91 Å². The zero-order chi connectivity index (χ0) is 18.6. The van der Waals surface area contributed by atoms with E-state index in [4.69, 9.17) is 0 Å². The van der Waals surface area contributed by atoms with Crippen molar-refractivity contribution in [2.75, 3.05) is 5.32 Å². The lowest BCUT2D eigenvalue weighted by Gasteiger charge is -2.05. The molecule has 0 saturated heterocycles. The Morgan fingerprint density at radius 2 is 2.04 bits per heavy atom. The number of rotatable bonds is 5. The van der Waals surface area contributed by atoms with Crippen LogP contribution in [-0.2, 0) is 5.75 Å². The summed E-state index contributed by atoms with van der Waals surface area (Å²) in [5.41, 5.74) is 4.48. The van der Waals surface area contributed by atoms with Gasteiger partial charge in [0.1, 0.15) is 0 Å². The summed E-state index contributed by atoms with van der Waals surface area (Å²) in [7, 11) is 0. The molecule has 0 unspecified atom stereocenters. The average Bonchev–Trinajstić information content (AvgIpc) is 3.09. The molecule has 134 valence electrons. The van der Waals surface area contributed by atoms with Crippen molar-refractivity contribution in [1.29, 1.82) is 0 Å². The lowest BCUT2D eigenvalue weighted by molar-refractivity contribution is 0.102. The number of nitrogens with zero attached hydrogens (tertiary/aromatic N) is 2. The SMILES string of the molecule is Cc1cccc(C(=O)Nc2ccc3nc(SCc4ccccn4)sc3c2)c1. The van der Waals surface area contributed by atoms with Gasteiger partial charge in [-0.25, -0.2) is 4.98 Å². The van der Waals surface area contributed by atoms with Gasteiger partial charge >= 0.3 is 0 Å². The second-order valence-corrected chi connectivity index (χ2v) is 8.35. The summed E-state index contributed by atoms with van der Waals surface area (Å²) in [6.45, 7) is 1.98. The molecule has 1 N–H and O–H groups in total. The van der Waals surface area contributed by atoms with E-state index in [1.54, 1.807) is 29.3 Å². The van der Waals surface area contributed by atoms with Crippen molar-refractivity contribution in [1.82, 2.24) is 9.97 Å². The lowest BCUT2D eigenvalue weighted by Crippen LogP contribution is -2.11. The molecular weight excluding hydrogens is 374 g/mol. The number of aromatic nitrogens is 2. The monoisotopic (exact) mass is 391 g/mol. The number of thioether (sulfide) groups is 1. The van der Waals surface area contributed by atoms with Crippen LogP contribution in [0.5, 0.6) is 0 Å². The number of aryl methyl sites for hydroxylation is 1. The highest BCUT2D eigenvalue weighted by Gasteiger charge is 2.09. The molecule has 2 aromatic heterocycles. The Morgan fingerprint density at radius 3 is 2.85 bits per heavy atom. The molecule has 0 fully saturated rings. The van der Waals surface area contributed by atoms with Crippen molar-refractivity contribution >= 4 is 44.9 Å². The number of carbonyl (C=O) groups is 1. The Hall–Kier alpha value is -2.70. The number of pyridine rings is 1. The molecule has 4 aromatic rings. The highest BCUT2D eigenvalue weighted by Crippen LogP contribution is 2.32. The van der Waals surface area contributed by atoms with Crippen LogP contribution in [0.1, 0.15) is 21.6 Å². The minimum Gasteiger partial charge on any atom is -0.322 e. The van der Waals surface area contributed by atoms with Crippen LogP contribution in [0.2, 0.25) is 0 Å². The summed E-state index contributed by atoms with van der Waals surface area (Å²) in [6, 6.07) is 19.3. The fraction of sp³-hybridized carbons (Fsp3) is 0.0952. The average molecular weight is 392 g/mol. The van der Waals surface area contributed by atoms with Gasteiger partial charge in [0.05, 0.1) is 15.9 Å². The van der Waals surface area contributed by atoms with Gasteiger partial charge in [0.15, 0.2) is 4.34 Å². The molecular formula is C21H17N3OS2. The molecule has 1 amide bonds. The van der Waals surface area contributed by atoms with Crippen LogP contribution in [0.25, 0.3) is 10.2 Å². The van der Waals surface area contributed by atoms with E-state index in [9.17, 15) is 4.79 Å². The molecule has 4 rings (SSSR count). The summed E-state index contributed by atoms with van der Waals surface area (Å²) in [5, 5.41) is 2.97. The van der Waals surface area contributed by atoms with E-state index in [1.165, 1.54) is 0 Å². The predicted molar refractivity (Wildman–Crippen MR) is 113 cm³/mol. The number of amides is 1. The van der Waals surface area contributed by atoms with Crippen molar-refractivity contribution in [2.24, 2.45) is 0 Å². The minimum absolute atomic E-state index is 0.104. The first-order valence-electron chi connectivity index (χ1n) is 8.49.